The lowest BCUT2D eigenvalue weighted by molar-refractivity contribution is -0.122. The maximum atomic E-state index is 13.9. The second-order valence-electron chi connectivity index (χ2n) is 9.48. The minimum atomic E-state index is -0.774. The van der Waals surface area contributed by atoms with E-state index in [0.717, 1.165) is 21.4 Å². The summed E-state index contributed by atoms with van der Waals surface area (Å²) in [5, 5.41) is 3.08. The number of rotatable bonds is 6. The standard InChI is InChI=1S/C29H21BrClN3O5S2/c1-39-20-12-8-18(9-13-20)32-21(35)14-33-28-25(41-29(33)38)22(15-2-6-17(31)7-3-15)23-24(40-28)27(37)34(26(23)36)19-10-4-16(30)5-11-19/h2-13,22-24H,14H2,1H3,(H,32,35)/t22-,23?,24?/m1/s1. The molecule has 1 saturated heterocycles. The van der Waals surface area contributed by atoms with E-state index in [4.69, 9.17) is 16.3 Å². The van der Waals surface area contributed by atoms with Crippen molar-refractivity contribution in [2.45, 2.75) is 22.7 Å². The fourth-order valence-electron chi connectivity index (χ4n) is 5.15. The number of thiazole rings is 1. The molecule has 12 heteroatoms. The fraction of sp³-hybridized carbons (Fsp3) is 0.172. The van der Waals surface area contributed by atoms with E-state index in [-0.39, 0.29) is 23.2 Å². The Morgan fingerprint density at radius 2 is 1.66 bits per heavy atom. The molecule has 0 aliphatic carbocycles. The lowest BCUT2D eigenvalue weighted by Crippen LogP contribution is -2.33. The van der Waals surface area contributed by atoms with Gasteiger partial charge in [0.1, 0.15) is 17.5 Å². The molecule has 208 valence electrons. The van der Waals surface area contributed by atoms with Crippen molar-refractivity contribution in [3.8, 4) is 5.75 Å². The highest BCUT2D eigenvalue weighted by molar-refractivity contribution is 9.10. The van der Waals surface area contributed by atoms with E-state index >= 15 is 0 Å². The Hall–Kier alpha value is -3.38. The van der Waals surface area contributed by atoms with Crippen molar-refractivity contribution in [3.05, 3.63) is 102 Å². The number of methoxy groups -OCH3 is 1. The lowest BCUT2D eigenvalue weighted by atomic mass is 9.83. The molecule has 0 saturated carbocycles. The van der Waals surface area contributed by atoms with Gasteiger partial charge in [0.25, 0.3) is 0 Å². The summed E-state index contributed by atoms with van der Waals surface area (Å²) in [6, 6.07) is 20.9. The SMILES string of the molecule is COc1ccc(NC(=O)Cn2c3c(sc2=O)[C@H](c2ccc(Cl)cc2)C2C(=O)N(c4ccc(Br)cc4)C(=O)C2S3)cc1. The van der Waals surface area contributed by atoms with E-state index in [1.165, 1.54) is 21.2 Å². The molecule has 3 aromatic carbocycles. The predicted molar refractivity (Wildman–Crippen MR) is 163 cm³/mol. The van der Waals surface area contributed by atoms with Crippen LogP contribution in [-0.4, -0.2) is 34.6 Å². The number of halogens is 2. The zero-order chi connectivity index (χ0) is 28.8. The Balaban J connectivity index is 1.38. The average Bonchev–Trinajstić information content (AvgIpc) is 3.40. The van der Waals surface area contributed by atoms with Gasteiger partial charge < -0.3 is 10.1 Å². The molecular weight excluding hydrogens is 650 g/mol. The van der Waals surface area contributed by atoms with Crippen LogP contribution in [-0.2, 0) is 20.9 Å². The number of aromatic nitrogens is 1. The highest BCUT2D eigenvalue weighted by atomic mass is 79.9. The Labute approximate surface area is 256 Å². The Morgan fingerprint density at radius 3 is 2.32 bits per heavy atom. The number of nitrogens with one attached hydrogen (secondary N) is 1. The summed E-state index contributed by atoms with van der Waals surface area (Å²) in [4.78, 5) is 55.5. The smallest absolute Gasteiger partial charge is 0.308 e. The van der Waals surface area contributed by atoms with Gasteiger partial charge in [-0.15, -0.1) is 0 Å². The predicted octanol–water partition coefficient (Wildman–Crippen LogP) is 5.77. The molecule has 0 bridgehead atoms. The monoisotopic (exact) mass is 669 g/mol. The molecule has 8 nitrogen and oxygen atoms in total. The van der Waals surface area contributed by atoms with E-state index < -0.39 is 23.0 Å². The van der Waals surface area contributed by atoms with Gasteiger partial charge in [-0.05, 0) is 66.2 Å². The first kappa shape index (κ1) is 27.8. The van der Waals surface area contributed by atoms with Gasteiger partial charge in [0.2, 0.25) is 17.7 Å². The van der Waals surface area contributed by atoms with Crippen molar-refractivity contribution in [2.75, 3.05) is 17.3 Å². The Morgan fingerprint density at radius 1 is 0.976 bits per heavy atom. The third kappa shape index (κ3) is 5.12. The molecule has 0 radical (unpaired) electrons. The number of fused-ring (bicyclic) bond motifs is 2. The first-order valence-electron chi connectivity index (χ1n) is 12.5. The van der Waals surface area contributed by atoms with Gasteiger partial charge in [0.15, 0.2) is 0 Å². The highest BCUT2D eigenvalue weighted by Gasteiger charge is 2.56. The summed E-state index contributed by atoms with van der Waals surface area (Å²) < 4.78 is 7.37. The van der Waals surface area contributed by atoms with Gasteiger partial charge in [-0.25, -0.2) is 4.90 Å². The van der Waals surface area contributed by atoms with Crippen molar-refractivity contribution in [1.82, 2.24) is 4.57 Å². The number of benzene rings is 3. The molecule has 3 atom stereocenters. The number of imide groups is 1. The number of ether oxygens (including phenoxy) is 1. The molecule has 3 heterocycles. The second kappa shape index (κ2) is 11.1. The van der Waals surface area contributed by atoms with E-state index in [9.17, 15) is 19.2 Å². The van der Waals surface area contributed by atoms with Crippen LogP contribution >= 0.6 is 50.6 Å². The fourth-order valence-corrected chi connectivity index (χ4v) is 8.31. The lowest BCUT2D eigenvalue weighted by Gasteiger charge is -2.30. The summed E-state index contributed by atoms with van der Waals surface area (Å²) >= 11 is 11.7. The number of amides is 3. The number of thioether (sulfide) groups is 1. The minimum Gasteiger partial charge on any atom is -0.497 e. The second-order valence-corrected chi connectivity index (χ2v) is 13.0. The summed E-state index contributed by atoms with van der Waals surface area (Å²) in [6.07, 6.45) is 0. The van der Waals surface area contributed by atoms with Gasteiger partial charge in [0.05, 0.1) is 23.7 Å². The number of hydrogen-bond donors (Lipinski definition) is 1. The average molecular weight is 671 g/mol. The van der Waals surface area contributed by atoms with Crippen LogP contribution in [0.25, 0.3) is 0 Å². The van der Waals surface area contributed by atoms with E-state index in [0.29, 0.717) is 32.1 Å². The first-order valence-corrected chi connectivity index (χ1v) is 15.3. The molecule has 4 aromatic rings. The van der Waals surface area contributed by atoms with Crippen molar-refractivity contribution < 1.29 is 19.1 Å². The minimum absolute atomic E-state index is 0.243. The van der Waals surface area contributed by atoms with Crippen molar-refractivity contribution in [2.24, 2.45) is 5.92 Å². The molecule has 1 aromatic heterocycles. The largest absolute Gasteiger partial charge is 0.497 e. The molecule has 2 aliphatic heterocycles. The summed E-state index contributed by atoms with van der Waals surface area (Å²) in [7, 11) is 1.56. The van der Waals surface area contributed by atoms with Gasteiger partial charge in [-0.3, -0.25) is 23.7 Å². The molecule has 2 aliphatic rings. The number of anilines is 2. The van der Waals surface area contributed by atoms with Crippen LogP contribution < -0.4 is 19.8 Å². The topological polar surface area (TPSA) is 97.7 Å². The highest BCUT2D eigenvalue weighted by Crippen LogP contribution is 2.54. The number of hydrogen-bond acceptors (Lipinski definition) is 7. The van der Waals surface area contributed by atoms with Crippen LogP contribution in [0.1, 0.15) is 16.4 Å². The van der Waals surface area contributed by atoms with Crippen LogP contribution in [0.2, 0.25) is 5.02 Å². The Bertz CT molecular complexity index is 1720. The van der Waals surface area contributed by atoms with E-state index in [1.54, 1.807) is 67.8 Å². The molecule has 6 rings (SSSR count). The number of carbonyl (C=O) groups is 3. The zero-order valence-corrected chi connectivity index (χ0v) is 25.4. The van der Waals surface area contributed by atoms with Crippen molar-refractivity contribution in [1.29, 1.82) is 0 Å². The van der Waals surface area contributed by atoms with Gasteiger partial charge in [0, 0.05) is 26.0 Å². The molecule has 2 unspecified atom stereocenters. The quantitative estimate of drug-likeness (QED) is 0.262. The van der Waals surface area contributed by atoms with Crippen LogP contribution in [0.3, 0.4) is 0 Å². The maximum absolute atomic E-state index is 13.9. The van der Waals surface area contributed by atoms with Crippen LogP contribution in [0, 0.1) is 5.92 Å². The van der Waals surface area contributed by atoms with Crippen LogP contribution in [0.15, 0.2) is 87.1 Å². The summed E-state index contributed by atoms with van der Waals surface area (Å²) in [6.45, 7) is -0.243. The van der Waals surface area contributed by atoms with Gasteiger partial charge in [-0.2, -0.15) is 0 Å². The molecule has 1 N–H and O–H groups in total. The molecule has 3 amide bonds. The molecule has 1 fully saturated rings. The van der Waals surface area contributed by atoms with Gasteiger partial charge in [-0.1, -0.05) is 62.8 Å². The first-order chi connectivity index (χ1) is 19.7. The number of carbonyl (C=O) groups excluding carboxylic acids is 3. The van der Waals surface area contributed by atoms with Crippen LogP contribution in [0.4, 0.5) is 11.4 Å². The molecule has 41 heavy (non-hydrogen) atoms. The zero-order valence-electron chi connectivity index (χ0n) is 21.4. The normalized spacial score (nSPS) is 19.6. The maximum Gasteiger partial charge on any atom is 0.308 e. The summed E-state index contributed by atoms with van der Waals surface area (Å²) in [5.41, 5.74) is 1.80. The molecular formula is C29H21BrClN3O5S2. The van der Waals surface area contributed by atoms with E-state index in [1.807, 2.05) is 12.1 Å². The van der Waals surface area contributed by atoms with Gasteiger partial charge >= 0.3 is 4.87 Å². The number of nitrogens with zero attached hydrogens (tertiary/aromatic N) is 2. The Kier molecular flexibility index (Phi) is 7.54. The molecule has 0 spiro atoms. The van der Waals surface area contributed by atoms with Crippen LogP contribution in [0.5, 0.6) is 5.75 Å². The van der Waals surface area contributed by atoms with Crippen molar-refractivity contribution in [3.63, 3.8) is 0 Å². The summed E-state index contributed by atoms with van der Waals surface area (Å²) in [5.74, 6) is -1.72. The third-order valence-corrected chi connectivity index (χ3v) is 10.4. The van der Waals surface area contributed by atoms with E-state index in [2.05, 4.69) is 21.2 Å². The third-order valence-electron chi connectivity index (χ3n) is 7.04. The van der Waals surface area contributed by atoms with Crippen molar-refractivity contribution >= 4 is 79.7 Å².